The number of ether oxygens (including phenoxy) is 3. The van der Waals surface area contributed by atoms with Gasteiger partial charge in [0.15, 0.2) is 13.1 Å². The first kappa shape index (κ1) is 17.0. The van der Waals surface area contributed by atoms with Crippen molar-refractivity contribution in [3.63, 3.8) is 0 Å². The van der Waals surface area contributed by atoms with Gasteiger partial charge < -0.3 is 14.2 Å². The molecule has 0 aliphatic rings. The van der Waals surface area contributed by atoms with Crippen LogP contribution in [-0.2, 0) is 17.6 Å². The number of benzene rings is 1. The number of carbonyl (C=O) groups is 1. The molecule has 0 aliphatic heterocycles. The van der Waals surface area contributed by atoms with Crippen molar-refractivity contribution in [2.75, 3.05) is 20.5 Å². The molecule has 0 amide bonds. The lowest BCUT2D eigenvalue weighted by molar-refractivity contribution is 0.0505. The van der Waals surface area contributed by atoms with Gasteiger partial charge in [-0.15, -0.1) is 0 Å². The fourth-order valence-electron chi connectivity index (χ4n) is 2.16. The molecule has 5 heteroatoms. The van der Waals surface area contributed by atoms with E-state index in [0.717, 1.165) is 30.3 Å². The highest BCUT2D eigenvalue weighted by molar-refractivity contribution is 5.79. The molecule has 0 unspecified atom stereocenters. The first-order valence-corrected chi connectivity index (χ1v) is 7.54. The zero-order valence-electron chi connectivity index (χ0n) is 13.5. The van der Waals surface area contributed by atoms with Crippen LogP contribution in [0.2, 0.25) is 0 Å². The van der Waals surface area contributed by atoms with Crippen LogP contribution in [0.4, 0.5) is 0 Å². The Balaban J connectivity index is 2.00. The summed E-state index contributed by atoms with van der Waals surface area (Å²) in [6.45, 7) is 2.66. The lowest BCUT2D eigenvalue weighted by atomic mass is 10.0. The highest BCUT2D eigenvalue weighted by Gasteiger charge is 2.05. The molecule has 0 N–H and O–H groups in total. The normalized spacial score (nSPS) is 10.3. The van der Waals surface area contributed by atoms with Crippen molar-refractivity contribution in [3.05, 3.63) is 53.2 Å². The molecule has 0 saturated carbocycles. The number of hydrogen-bond donors (Lipinski definition) is 0. The van der Waals surface area contributed by atoms with E-state index in [1.807, 2.05) is 37.4 Å². The highest BCUT2D eigenvalue weighted by atomic mass is 16.7. The van der Waals surface area contributed by atoms with Gasteiger partial charge in [0.25, 0.3) is 0 Å². The highest BCUT2D eigenvalue weighted by Crippen LogP contribution is 2.20. The summed E-state index contributed by atoms with van der Waals surface area (Å²) in [5, 5.41) is 0. The van der Waals surface area contributed by atoms with Crippen LogP contribution >= 0.6 is 0 Å². The van der Waals surface area contributed by atoms with E-state index >= 15 is 0 Å². The Morgan fingerprint density at radius 3 is 2.52 bits per heavy atom. The molecule has 0 atom stereocenters. The number of carbonyl (C=O) groups excluding carboxylic acids is 1. The third-order valence-corrected chi connectivity index (χ3v) is 3.33. The zero-order valence-corrected chi connectivity index (χ0v) is 13.5. The quantitative estimate of drug-likeness (QED) is 0.526. The maximum atomic E-state index is 11.0. The van der Waals surface area contributed by atoms with Crippen molar-refractivity contribution in [3.8, 4) is 11.6 Å². The van der Waals surface area contributed by atoms with Gasteiger partial charge in [-0.3, -0.25) is 4.79 Å². The molecule has 5 nitrogen and oxygen atoms in total. The van der Waals surface area contributed by atoms with Crippen LogP contribution in [0, 0.1) is 0 Å². The second kappa shape index (κ2) is 8.90. The third-order valence-electron chi connectivity index (χ3n) is 3.33. The summed E-state index contributed by atoms with van der Waals surface area (Å²) in [5.41, 5.74) is 2.75. The molecular weight excluding hydrogens is 294 g/mol. The summed E-state index contributed by atoms with van der Waals surface area (Å²) >= 11 is 0. The van der Waals surface area contributed by atoms with Crippen LogP contribution in [0.3, 0.4) is 0 Å². The SMILES string of the molecule is CCOc1ccc(CCc2ccc(C=O)c(OCOC)c2)cn1. The summed E-state index contributed by atoms with van der Waals surface area (Å²) < 4.78 is 15.6. The molecule has 0 saturated heterocycles. The number of aldehydes is 1. The minimum absolute atomic E-state index is 0.118. The summed E-state index contributed by atoms with van der Waals surface area (Å²) in [5.74, 6) is 1.19. The van der Waals surface area contributed by atoms with Crippen LogP contribution < -0.4 is 9.47 Å². The molecule has 23 heavy (non-hydrogen) atoms. The van der Waals surface area contributed by atoms with E-state index in [0.29, 0.717) is 23.8 Å². The van der Waals surface area contributed by atoms with Crippen molar-refractivity contribution in [1.82, 2.24) is 4.98 Å². The van der Waals surface area contributed by atoms with E-state index < -0.39 is 0 Å². The molecule has 2 aromatic rings. The Kier molecular flexibility index (Phi) is 6.56. The Morgan fingerprint density at radius 2 is 1.87 bits per heavy atom. The van der Waals surface area contributed by atoms with E-state index in [1.165, 1.54) is 0 Å². The van der Waals surface area contributed by atoms with Gasteiger partial charge >= 0.3 is 0 Å². The zero-order chi connectivity index (χ0) is 16.5. The number of pyridine rings is 1. The fraction of sp³-hybridized carbons (Fsp3) is 0.333. The molecule has 1 aromatic carbocycles. The maximum Gasteiger partial charge on any atom is 0.213 e. The summed E-state index contributed by atoms with van der Waals surface area (Å²) in [4.78, 5) is 15.3. The van der Waals surface area contributed by atoms with Gasteiger partial charge in [-0.05, 0) is 43.0 Å². The number of aromatic nitrogens is 1. The summed E-state index contributed by atoms with van der Waals surface area (Å²) in [6.07, 6.45) is 4.29. The van der Waals surface area contributed by atoms with Gasteiger partial charge in [0.05, 0.1) is 12.2 Å². The van der Waals surface area contributed by atoms with Crippen LogP contribution in [-0.4, -0.2) is 31.8 Å². The largest absolute Gasteiger partial charge is 0.478 e. The van der Waals surface area contributed by atoms with E-state index in [-0.39, 0.29) is 6.79 Å². The van der Waals surface area contributed by atoms with Crippen molar-refractivity contribution >= 4 is 6.29 Å². The molecule has 0 bridgehead atoms. The van der Waals surface area contributed by atoms with Gasteiger partial charge in [0.2, 0.25) is 5.88 Å². The summed E-state index contributed by atoms with van der Waals surface area (Å²) in [7, 11) is 1.54. The van der Waals surface area contributed by atoms with Crippen molar-refractivity contribution in [2.24, 2.45) is 0 Å². The van der Waals surface area contributed by atoms with Crippen LogP contribution in [0.5, 0.6) is 11.6 Å². The number of nitrogens with zero attached hydrogens (tertiary/aromatic N) is 1. The van der Waals surface area contributed by atoms with Crippen molar-refractivity contribution in [2.45, 2.75) is 19.8 Å². The van der Waals surface area contributed by atoms with Gasteiger partial charge in [-0.1, -0.05) is 12.1 Å². The van der Waals surface area contributed by atoms with Gasteiger partial charge in [0, 0.05) is 19.4 Å². The maximum absolute atomic E-state index is 11.0. The second-order valence-electron chi connectivity index (χ2n) is 4.98. The molecule has 1 aromatic heterocycles. The Hall–Kier alpha value is -2.40. The molecule has 2 rings (SSSR count). The van der Waals surface area contributed by atoms with Gasteiger partial charge in [-0.25, -0.2) is 4.98 Å². The Morgan fingerprint density at radius 1 is 1.09 bits per heavy atom. The topological polar surface area (TPSA) is 57.7 Å². The van der Waals surface area contributed by atoms with E-state index in [9.17, 15) is 4.79 Å². The molecule has 0 radical (unpaired) electrons. The predicted molar refractivity (Wildman–Crippen MR) is 87.1 cm³/mol. The van der Waals surface area contributed by atoms with Gasteiger partial charge in [-0.2, -0.15) is 0 Å². The van der Waals surface area contributed by atoms with Crippen LogP contribution in [0.1, 0.15) is 28.4 Å². The minimum Gasteiger partial charge on any atom is -0.478 e. The van der Waals surface area contributed by atoms with Crippen molar-refractivity contribution < 1.29 is 19.0 Å². The Labute approximate surface area is 136 Å². The van der Waals surface area contributed by atoms with E-state index in [1.54, 1.807) is 13.2 Å². The van der Waals surface area contributed by atoms with Gasteiger partial charge in [0.1, 0.15) is 5.75 Å². The average Bonchev–Trinajstić information content (AvgIpc) is 2.59. The fourth-order valence-corrected chi connectivity index (χ4v) is 2.16. The number of hydrogen-bond acceptors (Lipinski definition) is 5. The lowest BCUT2D eigenvalue weighted by Gasteiger charge is -2.10. The first-order valence-electron chi connectivity index (χ1n) is 7.54. The monoisotopic (exact) mass is 315 g/mol. The summed E-state index contributed by atoms with van der Waals surface area (Å²) in [6, 6.07) is 9.47. The van der Waals surface area contributed by atoms with E-state index in [2.05, 4.69) is 4.98 Å². The lowest BCUT2D eigenvalue weighted by Crippen LogP contribution is -2.02. The molecule has 0 fully saturated rings. The second-order valence-corrected chi connectivity index (χ2v) is 4.98. The number of rotatable bonds is 9. The average molecular weight is 315 g/mol. The molecule has 122 valence electrons. The van der Waals surface area contributed by atoms with Crippen molar-refractivity contribution in [1.29, 1.82) is 0 Å². The minimum atomic E-state index is 0.118. The standard InChI is InChI=1S/C18H21NO4/c1-3-22-18-9-7-15(11-19-18)5-4-14-6-8-16(12-20)17(10-14)23-13-21-2/h6-12H,3-5,13H2,1-2H3. The molecule has 0 aliphatic carbocycles. The smallest absolute Gasteiger partial charge is 0.213 e. The van der Waals surface area contributed by atoms with E-state index in [4.69, 9.17) is 14.2 Å². The third kappa shape index (κ3) is 5.07. The number of aryl methyl sites for hydroxylation is 2. The van der Waals surface area contributed by atoms with Crippen LogP contribution in [0.15, 0.2) is 36.5 Å². The predicted octanol–water partition coefficient (Wildman–Crippen LogP) is 3.06. The molecule has 1 heterocycles. The molecular formula is C18H21NO4. The molecule has 0 spiro atoms. The van der Waals surface area contributed by atoms with Crippen LogP contribution in [0.25, 0.3) is 0 Å². The first-order chi connectivity index (χ1) is 11.3. The number of methoxy groups -OCH3 is 1. The Bertz CT molecular complexity index is 625.